The van der Waals surface area contributed by atoms with Gasteiger partial charge in [-0.05, 0) is 19.9 Å². The molecule has 0 aliphatic carbocycles. The fraction of sp³-hybridized carbons (Fsp3) is 0.250. The predicted octanol–water partition coefficient (Wildman–Crippen LogP) is 2.32. The zero-order chi connectivity index (χ0) is 10.8. The minimum absolute atomic E-state index is 0.124. The highest BCUT2D eigenvalue weighted by Gasteiger charge is 2.14. The number of carbonyl (C=O) groups is 1. The predicted molar refractivity (Wildman–Crippen MR) is 58.6 cm³/mol. The Labute approximate surface area is 88.2 Å². The topological polar surface area (TPSA) is 42.9 Å². The van der Waals surface area contributed by atoms with Crippen molar-refractivity contribution >= 4 is 16.7 Å². The minimum Gasteiger partial charge on any atom is -0.299 e. The van der Waals surface area contributed by atoms with E-state index < -0.39 is 0 Å². The summed E-state index contributed by atoms with van der Waals surface area (Å²) < 4.78 is 0. The number of ketones is 1. The summed E-state index contributed by atoms with van der Waals surface area (Å²) in [4.78, 5) is 19.7. The molecular formula is C12H12N2O. The monoisotopic (exact) mass is 200 g/mol. The molecule has 2 aromatic rings. The van der Waals surface area contributed by atoms with Gasteiger partial charge in [-0.15, -0.1) is 0 Å². The summed E-state index contributed by atoms with van der Waals surface area (Å²) in [6.07, 6.45) is 1.51. The van der Waals surface area contributed by atoms with Crippen LogP contribution < -0.4 is 0 Å². The SMILES string of the molecule is CC(=O)C(C)c1ncnc2ccccc12. The molecule has 0 aliphatic heterocycles. The van der Waals surface area contributed by atoms with E-state index in [4.69, 9.17) is 0 Å². The fourth-order valence-corrected chi connectivity index (χ4v) is 1.56. The molecule has 1 atom stereocenters. The van der Waals surface area contributed by atoms with Gasteiger partial charge >= 0.3 is 0 Å². The maximum absolute atomic E-state index is 11.3. The Morgan fingerprint density at radius 2 is 2.00 bits per heavy atom. The number of carbonyl (C=O) groups excluding carboxylic acids is 1. The first-order valence-corrected chi connectivity index (χ1v) is 4.90. The highest BCUT2D eigenvalue weighted by molar-refractivity contribution is 5.89. The number of Topliss-reactive ketones (excluding diaryl/α,β-unsaturated/α-hetero) is 1. The van der Waals surface area contributed by atoms with Crippen LogP contribution in [0.15, 0.2) is 30.6 Å². The molecule has 2 rings (SSSR count). The van der Waals surface area contributed by atoms with E-state index in [9.17, 15) is 4.79 Å². The molecule has 1 aromatic carbocycles. The van der Waals surface area contributed by atoms with Gasteiger partial charge in [-0.25, -0.2) is 9.97 Å². The Morgan fingerprint density at radius 1 is 1.27 bits per heavy atom. The molecule has 0 N–H and O–H groups in total. The van der Waals surface area contributed by atoms with Crippen molar-refractivity contribution in [2.24, 2.45) is 0 Å². The number of benzene rings is 1. The molecule has 3 heteroatoms. The van der Waals surface area contributed by atoms with E-state index >= 15 is 0 Å². The smallest absolute Gasteiger partial charge is 0.138 e. The Kier molecular flexibility index (Phi) is 2.46. The number of fused-ring (bicyclic) bond motifs is 1. The molecule has 0 saturated heterocycles. The van der Waals surface area contributed by atoms with Crippen molar-refractivity contribution < 1.29 is 4.79 Å². The lowest BCUT2D eigenvalue weighted by molar-refractivity contribution is -0.118. The zero-order valence-electron chi connectivity index (χ0n) is 8.77. The Hall–Kier alpha value is -1.77. The summed E-state index contributed by atoms with van der Waals surface area (Å²) in [5, 5.41) is 0.961. The summed E-state index contributed by atoms with van der Waals surface area (Å²) in [5.41, 5.74) is 1.70. The van der Waals surface area contributed by atoms with Gasteiger partial charge in [0.1, 0.15) is 12.1 Å². The largest absolute Gasteiger partial charge is 0.299 e. The minimum atomic E-state index is -0.169. The molecule has 0 bridgehead atoms. The van der Waals surface area contributed by atoms with Crippen LogP contribution in [0.3, 0.4) is 0 Å². The van der Waals surface area contributed by atoms with Gasteiger partial charge in [-0.2, -0.15) is 0 Å². The molecule has 1 heterocycles. The van der Waals surface area contributed by atoms with Gasteiger partial charge in [0.15, 0.2) is 0 Å². The third kappa shape index (κ3) is 1.73. The quantitative estimate of drug-likeness (QED) is 0.747. The number of rotatable bonds is 2. The molecule has 15 heavy (non-hydrogen) atoms. The van der Waals surface area contributed by atoms with Gasteiger partial charge in [0.05, 0.1) is 17.1 Å². The number of aromatic nitrogens is 2. The van der Waals surface area contributed by atoms with E-state index in [-0.39, 0.29) is 11.7 Å². The average molecular weight is 200 g/mol. The summed E-state index contributed by atoms with van der Waals surface area (Å²) in [5.74, 6) is -0.0447. The summed E-state index contributed by atoms with van der Waals surface area (Å²) in [6, 6.07) is 7.73. The second-order valence-electron chi connectivity index (χ2n) is 3.61. The number of nitrogens with zero attached hydrogens (tertiary/aromatic N) is 2. The molecule has 3 nitrogen and oxygen atoms in total. The molecule has 0 amide bonds. The fourth-order valence-electron chi connectivity index (χ4n) is 1.56. The van der Waals surface area contributed by atoms with E-state index in [1.54, 1.807) is 6.92 Å². The number of para-hydroxylation sites is 1. The van der Waals surface area contributed by atoms with E-state index in [2.05, 4.69) is 9.97 Å². The Morgan fingerprint density at radius 3 is 2.73 bits per heavy atom. The highest BCUT2D eigenvalue weighted by Crippen LogP contribution is 2.22. The highest BCUT2D eigenvalue weighted by atomic mass is 16.1. The zero-order valence-corrected chi connectivity index (χ0v) is 8.77. The molecule has 0 aliphatic rings. The summed E-state index contributed by atoms with van der Waals surface area (Å²) in [7, 11) is 0. The van der Waals surface area contributed by atoms with Crippen molar-refractivity contribution in [3.63, 3.8) is 0 Å². The van der Waals surface area contributed by atoms with Crippen LogP contribution in [0.4, 0.5) is 0 Å². The first kappa shape index (κ1) is 9.77. The first-order valence-electron chi connectivity index (χ1n) is 4.90. The van der Waals surface area contributed by atoms with Gasteiger partial charge in [0, 0.05) is 5.39 Å². The van der Waals surface area contributed by atoms with Crippen LogP contribution >= 0.6 is 0 Å². The summed E-state index contributed by atoms with van der Waals surface area (Å²) in [6.45, 7) is 3.46. The lowest BCUT2D eigenvalue weighted by atomic mass is 9.99. The Bertz CT molecular complexity index is 502. The molecule has 1 aromatic heterocycles. The van der Waals surface area contributed by atoms with Crippen molar-refractivity contribution in [3.05, 3.63) is 36.3 Å². The lowest BCUT2D eigenvalue weighted by Gasteiger charge is -2.09. The molecule has 0 spiro atoms. The van der Waals surface area contributed by atoms with Crippen molar-refractivity contribution in [1.82, 2.24) is 9.97 Å². The van der Waals surface area contributed by atoms with Gasteiger partial charge in [0.2, 0.25) is 0 Å². The lowest BCUT2D eigenvalue weighted by Crippen LogP contribution is -2.07. The van der Waals surface area contributed by atoms with Gasteiger partial charge < -0.3 is 0 Å². The second-order valence-corrected chi connectivity index (χ2v) is 3.61. The third-order valence-electron chi connectivity index (χ3n) is 2.59. The number of hydrogen-bond donors (Lipinski definition) is 0. The van der Waals surface area contributed by atoms with Crippen molar-refractivity contribution in [2.45, 2.75) is 19.8 Å². The Balaban J connectivity index is 2.65. The maximum atomic E-state index is 11.3. The second kappa shape index (κ2) is 3.77. The summed E-state index contributed by atoms with van der Waals surface area (Å²) >= 11 is 0. The van der Waals surface area contributed by atoms with Gasteiger partial charge in [-0.3, -0.25) is 4.79 Å². The van der Waals surface area contributed by atoms with E-state index in [1.807, 2.05) is 31.2 Å². The van der Waals surface area contributed by atoms with Crippen LogP contribution in [0.25, 0.3) is 10.9 Å². The van der Waals surface area contributed by atoms with E-state index in [0.717, 1.165) is 16.6 Å². The van der Waals surface area contributed by atoms with Crippen LogP contribution in [-0.4, -0.2) is 15.8 Å². The van der Waals surface area contributed by atoms with E-state index in [0.29, 0.717) is 0 Å². The normalized spacial score (nSPS) is 12.7. The van der Waals surface area contributed by atoms with Gasteiger partial charge in [0.25, 0.3) is 0 Å². The standard InChI is InChI=1S/C12H12N2O/c1-8(9(2)15)12-10-5-3-4-6-11(10)13-7-14-12/h3-8H,1-2H3. The third-order valence-corrected chi connectivity index (χ3v) is 2.59. The van der Waals surface area contributed by atoms with Crippen LogP contribution in [0.2, 0.25) is 0 Å². The molecule has 76 valence electrons. The van der Waals surface area contributed by atoms with E-state index in [1.165, 1.54) is 6.33 Å². The maximum Gasteiger partial charge on any atom is 0.138 e. The van der Waals surface area contributed by atoms with Crippen LogP contribution in [0, 0.1) is 0 Å². The van der Waals surface area contributed by atoms with Gasteiger partial charge in [-0.1, -0.05) is 18.2 Å². The molecule has 0 saturated carbocycles. The first-order chi connectivity index (χ1) is 7.20. The average Bonchev–Trinajstić information content (AvgIpc) is 2.27. The van der Waals surface area contributed by atoms with Crippen molar-refractivity contribution in [2.75, 3.05) is 0 Å². The number of hydrogen-bond acceptors (Lipinski definition) is 3. The molecular weight excluding hydrogens is 188 g/mol. The molecule has 1 unspecified atom stereocenters. The van der Waals surface area contributed by atoms with Crippen LogP contribution in [0.1, 0.15) is 25.5 Å². The molecule has 0 radical (unpaired) electrons. The molecule has 0 fully saturated rings. The van der Waals surface area contributed by atoms with Crippen LogP contribution in [0.5, 0.6) is 0 Å². The van der Waals surface area contributed by atoms with Crippen LogP contribution in [-0.2, 0) is 4.79 Å². The van der Waals surface area contributed by atoms with Crippen molar-refractivity contribution in [1.29, 1.82) is 0 Å². The van der Waals surface area contributed by atoms with Crippen molar-refractivity contribution in [3.8, 4) is 0 Å².